The van der Waals surface area contributed by atoms with Crippen molar-refractivity contribution in [3.8, 4) is 0 Å². The third-order valence-electron chi connectivity index (χ3n) is 7.81. The summed E-state index contributed by atoms with van der Waals surface area (Å²) in [7, 11) is -3.51. The first-order valence-corrected chi connectivity index (χ1v) is 16.6. The molecule has 230 valence electrons. The first kappa shape index (κ1) is 31.5. The number of nitrogens with zero attached hydrogens (tertiary/aromatic N) is 2. The van der Waals surface area contributed by atoms with E-state index in [1.165, 1.54) is 4.31 Å². The van der Waals surface area contributed by atoms with E-state index in [4.69, 9.17) is 16.0 Å². The highest BCUT2D eigenvalue weighted by molar-refractivity contribution is 7.89. The van der Waals surface area contributed by atoms with Crippen molar-refractivity contribution in [2.75, 3.05) is 13.1 Å². The second-order valence-electron chi connectivity index (χ2n) is 10.9. The number of amides is 2. The number of halogens is 1. The molecule has 1 aromatic heterocycles. The fraction of sp³-hybridized carbons (Fsp3) is 0.294. The van der Waals surface area contributed by atoms with Gasteiger partial charge in [0.05, 0.1) is 17.7 Å². The lowest BCUT2D eigenvalue weighted by atomic mass is 10.0. The van der Waals surface area contributed by atoms with E-state index in [0.29, 0.717) is 36.7 Å². The maximum Gasteiger partial charge on any atom is 0.243 e. The Labute approximate surface area is 263 Å². The number of nitrogens with one attached hydrogen (secondary N) is 1. The lowest BCUT2D eigenvalue weighted by Gasteiger charge is -2.31. The molecule has 2 heterocycles. The molecule has 1 N–H and O–H groups in total. The van der Waals surface area contributed by atoms with Crippen molar-refractivity contribution in [3.63, 3.8) is 0 Å². The third-order valence-corrected chi connectivity index (χ3v) is 9.97. The average molecular weight is 634 g/mol. The van der Waals surface area contributed by atoms with E-state index in [0.717, 1.165) is 29.5 Å². The lowest BCUT2D eigenvalue weighted by molar-refractivity contribution is -0.141. The predicted molar refractivity (Wildman–Crippen MR) is 169 cm³/mol. The zero-order valence-corrected chi connectivity index (χ0v) is 26.0. The van der Waals surface area contributed by atoms with E-state index in [1.54, 1.807) is 59.7 Å². The van der Waals surface area contributed by atoms with Crippen molar-refractivity contribution >= 4 is 33.4 Å². The van der Waals surface area contributed by atoms with Gasteiger partial charge in [-0.15, -0.1) is 0 Å². The van der Waals surface area contributed by atoms with E-state index in [2.05, 4.69) is 5.32 Å². The van der Waals surface area contributed by atoms with Crippen LogP contribution in [0.25, 0.3) is 0 Å². The molecule has 0 bridgehead atoms. The van der Waals surface area contributed by atoms with Crippen LogP contribution in [-0.4, -0.2) is 48.6 Å². The van der Waals surface area contributed by atoms with Gasteiger partial charge in [-0.3, -0.25) is 9.59 Å². The first-order valence-electron chi connectivity index (χ1n) is 14.8. The van der Waals surface area contributed by atoms with Gasteiger partial charge in [0.25, 0.3) is 0 Å². The molecule has 0 unspecified atom stereocenters. The van der Waals surface area contributed by atoms with Gasteiger partial charge in [-0.05, 0) is 72.4 Å². The minimum atomic E-state index is -3.51. The van der Waals surface area contributed by atoms with Gasteiger partial charge in [0.15, 0.2) is 0 Å². The second kappa shape index (κ2) is 14.7. The van der Waals surface area contributed by atoms with Crippen LogP contribution in [0.3, 0.4) is 0 Å². The Hall–Kier alpha value is -3.92. The first-order chi connectivity index (χ1) is 21.3. The van der Waals surface area contributed by atoms with Gasteiger partial charge in [-0.1, -0.05) is 66.2 Å². The SMILES string of the molecule is O=C(NCc1ccco1)[C@@H](Cc1ccccc1)N(Cc1ccc(Cl)cc1)C(=O)CCc1ccc(S(=O)(=O)N2CCCC2)cc1. The summed E-state index contributed by atoms with van der Waals surface area (Å²) in [6, 6.07) is 26.3. The topological polar surface area (TPSA) is 99.9 Å². The molecule has 5 rings (SSSR count). The molecule has 1 saturated heterocycles. The molecular weight excluding hydrogens is 598 g/mol. The Morgan fingerprint density at radius 2 is 1.55 bits per heavy atom. The Kier molecular flexibility index (Phi) is 10.5. The van der Waals surface area contributed by atoms with Crippen molar-refractivity contribution in [2.45, 2.75) is 56.1 Å². The van der Waals surface area contributed by atoms with Gasteiger partial charge >= 0.3 is 0 Å². The summed E-state index contributed by atoms with van der Waals surface area (Å²) in [5, 5.41) is 3.53. The number of carbonyl (C=O) groups excluding carboxylic acids is 2. The summed E-state index contributed by atoms with van der Waals surface area (Å²) in [6.45, 7) is 1.50. The number of furan rings is 1. The van der Waals surface area contributed by atoms with Gasteiger partial charge in [-0.25, -0.2) is 8.42 Å². The highest BCUT2D eigenvalue weighted by atomic mass is 35.5. The van der Waals surface area contributed by atoms with Crippen LogP contribution < -0.4 is 5.32 Å². The Balaban J connectivity index is 1.35. The van der Waals surface area contributed by atoms with Gasteiger partial charge in [0.1, 0.15) is 11.8 Å². The minimum Gasteiger partial charge on any atom is -0.467 e. The molecule has 10 heteroatoms. The Morgan fingerprint density at radius 1 is 0.864 bits per heavy atom. The van der Waals surface area contributed by atoms with E-state index >= 15 is 0 Å². The molecule has 1 atom stereocenters. The van der Waals surface area contributed by atoms with Crippen molar-refractivity contribution < 1.29 is 22.4 Å². The van der Waals surface area contributed by atoms with Crippen LogP contribution in [0.1, 0.15) is 41.7 Å². The second-order valence-corrected chi connectivity index (χ2v) is 13.3. The maximum absolute atomic E-state index is 14.0. The summed E-state index contributed by atoms with van der Waals surface area (Å²) in [4.78, 5) is 29.6. The number of benzene rings is 3. The van der Waals surface area contributed by atoms with Crippen LogP contribution in [0, 0.1) is 0 Å². The minimum absolute atomic E-state index is 0.141. The zero-order chi connectivity index (χ0) is 30.9. The molecule has 1 aliphatic heterocycles. The molecule has 0 radical (unpaired) electrons. The van der Waals surface area contributed by atoms with Gasteiger partial charge in [0, 0.05) is 37.5 Å². The highest BCUT2D eigenvalue weighted by Gasteiger charge is 2.31. The molecule has 0 aliphatic carbocycles. The molecule has 2 amide bonds. The average Bonchev–Trinajstić information content (AvgIpc) is 3.78. The van der Waals surface area contributed by atoms with Gasteiger partial charge in [0.2, 0.25) is 21.8 Å². The summed E-state index contributed by atoms with van der Waals surface area (Å²) >= 11 is 6.12. The summed E-state index contributed by atoms with van der Waals surface area (Å²) in [5.41, 5.74) is 2.61. The molecule has 1 fully saturated rings. The van der Waals surface area contributed by atoms with E-state index in [1.807, 2.05) is 42.5 Å². The number of rotatable bonds is 13. The van der Waals surface area contributed by atoms with Crippen LogP contribution >= 0.6 is 11.6 Å². The number of sulfonamides is 1. The smallest absolute Gasteiger partial charge is 0.243 e. The standard InChI is InChI=1S/C34H36ClN3O5S/c35-29-15-10-28(11-16-29)25-38(32(23-27-7-2-1-3-8-27)34(40)36-24-30-9-6-22-43-30)33(39)19-14-26-12-17-31(18-13-26)44(41,42)37-20-4-5-21-37/h1-3,6-13,15-18,22,32H,4-5,14,19-21,23-25H2,(H,36,40)/t32-/m1/s1. The van der Waals surface area contributed by atoms with Crippen LogP contribution in [0.15, 0.2) is 107 Å². The van der Waals surface area contributed by atoms with Crippen LogP contribution in [0.5, 0.6) is 0 Å². The quantitative estimate of drug-likeness (QED) is 0.206. The summed E-state index contributed by atoms with van der Waals surface area (Å²) < 4.78 is 32.8. The molecule has 0 saturated carbocycles. The molecule has 1 aliphatic rings. The number of carbonyl (C=O) groups is 2. The molecular formula is C34H36ClN3O5S. The predicted octanol–water partition coefficient (Wildman–Crippen LogP) is 5.61. The summed E-state index contributed by atoms with van der Waals surface area (Å²) in [6.07, 6.45) is 4.16. The maximum atomic E-state index is 14.0. The summed E-state index contributed by atoms with van der Waals surface area (Å²) in [5.74, 6) is 0.134. The molecule has 8 nitrogen and oxygen atoms in total. The van der Waals surface area contributed by atoms with Crippen molar-refractivity contribution in [2.24, 2.45) is 0 Å². The molecule has 3 aromatic carbocycles. The number of hydrogen-bond acceptors (Lipinski definition) is 5. The number of aryl methyl sites for hydroxylation is 1. The van der Waals surface area contributed by atoms with E-state index in [-0.39, 0.29) is 36.2 Å². The van der Waals surface area contributed by atoms with Crippen molar-refractivity contribution in [1.82, 2.24) is 14.5 Å². The van der Waals surface area contributed by atoms with Crippen molar-refractivity contribution in [3.05, 3.63) is 125 Å². The van der Waals surface area contributed by atoms with E-state index < -0.39 is 16.1 Å². The van der Waals surface area contributed by atoms with Gasteiger partial charge < -0.3 is 14.6 Å². The Bertz CT molecular complexity index is 1620. The fourth-order valence-electron chi connectivity index (χ4n) is 5.35. The normalized spacial score (nSPS) is 14.3. The van der Waals surface area contributed by atoms with E-state index in [9.17, 15) is 18.0 Å². The number of hydrogen-bond donors (Lipinski definition) is 1. The zero-order valence-electron chi connectivity index (χ0n) is 24.4. The highest BCUT2D eigenvalue weighted by Crippen LogP contribution is 2.22. The van der Waals surface area contributed by atoms with Crippen LogP contribution in [-0.2, 0) is 45.5 Å². The fourth-order valence-corrected chi connectivity index (χ4v) is 6.99. The monoisotopic (exact) mass is 633 g/mol. The molecule has 44 heavy (non-hydrogen) atoms. The van der Waals surface area contributed by atoms with Gasteiger partial charge in [-0.2, -0.15) is 4.31 Å². The van der Waals surface area contributed by atoms with Crippen molar-refractivity contribution in [1.29, 1.82) is 0 Å². The Morgan fingerprint density at radius 3 is 2.20 bits per heavy atom. The molecule has 0 spiro atoms. The largest absolute Gasteiger partial charge is 0.467 e. The third kappa shape index (κ3) is 8.16. The molecule has 4 aromatic rings. The van der Waals surface area contributed by atoms with Crippen LogP contribution in [0.4, 0.5) is 0 Å². The lowest BCUT2D eigenvalue weighted by Crippen LogP contribution is -2.50. The van der Waals surface area contributed by atoms with Crippen LogP contribution in [0.2, 0.25) is 5.02 Å².